The van der Waals surface area contributed by atoms with Gasteiger partial charge in [-0.05, 0) is 89.9 Å². The number of rotatable bonds is 58. The highest BCUT2D eigenvalue weighted by atomic mass is 16.6. The average Bonchev–Trinajstić information content (AvgIpc) is 3.41. The number of hydrogen-bond donors (Lipinski definition) is 0. The Morgan fingerprint density at radius 1 is 0.280 bits per heavy atom. The molecule has 1 atom stereocenters. The van der Waals surface area contributed by atoms with Crippen molar-refractivity contribution < 1.29 is 28.6 Å². The van der Waals surface area contributed by atoms with Crippen LogP contribution in [0.2, 0.25) is 0 Å². The zero-order chi connectivity index (χ0) is 54.3. The zero-order valence-corrected chi connectivity index (χ0v) is 49.6. The lowest BCUT2D eigenvalue weighted by molar-refractivity contribution is -0.167. The van der Waals surface area contributed by atoms with Gasteiger partial charge in [-0.15, -0.1) is 0 Å². The average molecular weight is 1050 g/mol. The Morgan fingerprint density at radius 2 is 0.547 bits per heavy atom. The Labute approximate surface area is 465 Å². The number of carbonyl (C=O) groups is 3. The molecule has 0 N–H and O–H groups in total. The summed E-state index contributed by atoms with van der Waals surface area (Å²) in [6.07, 6.45) is 83.1. The van der Waals surface area contributed by atoms with E-state index in [2.05, 4.69) is 106 Å². The lowest BCUT2D eigenvalue weighted by atomic mass is 10.0. The van der Waals surface area contributed by atoms with Crippen molar-refractivity contribution in [2.75, 3.05) is 13.2 Å². The summed E-state index contributed by atoms with van der Waals surface area (Å²) in [7, 11) is 0. The summed E-state index contributed by atoms with van der Waals surface area (Å²) in [6, 6.07) is 0. The van der Waals surface area contributed by atoms with E-state index in [-0.39, 0.29) is 31.1 Å². The van der Waals surface area contributed by atoms with Crippen LogP contribution in [0.25, 0.3) is 0 Å². The Kier molecular flexibility index (Phi) is 60.3. The third kappa shape index (κ3) is 61.3. The highest BCUT2D eigenvalue weighted by molar-refractivity contribution is 5.71. The molecule has 6 heteroatoms. The zero-order valence-electron chi connectivity index (χ0n) is 49.6. The van der Waals surface area contributed by atoms with Crippen LogP contribution in [-0.2, 0) is 28.6 Å². The fourth-order valence-electron chi connectivity index (χ4n) is 9.10. The molecule has 0 saturated heterocycles. The molecule has 0 aliphatic rings. The van der Waals surface area contributed by atoms with Gasteiger partial charge >= 0.3 is 17.9 Å². The molecular formula is C69H120O6. The summed E-state index contributed by atoms with van der Waals surface area (Å²) in [6.45, 7) is 6.48. The van der Waals surface area contributed by atoms with Crippen molar-refractivity contribution in [3.63, 3.8) is 0 Å². The molecule has 0 fully saturated rings. The molecule has 0 aliphatic carbocycles. The summed E-state index contributed by atoms with van der Waals surface area (Å²) in [4.78, 5) is 38.3. The molecule has 0 amide bonds. The van der Waals surface area contributed by atoms with E-state index >= 15 is 0 Å². The Balaban J connectivity index is 4.22. The van der Waals surface area contributed by atoms with Crippen molar-refractivity contribution >= 4 is 17.9 Å². The predicted molar refractivity (Wildman–Crippen MR) is 325 cm³/mol. The molecule has 1 unspecified atom stereocenters. The molecule has 432 valence electrons. The molecule has 0 aromatic heterocycles. The normalized spacial score (nSPS) is 12.6. The van der Waals surface area contributed by atoms with Gasteiger partial charge in [0.05, 0.1) is 0 Å². The summed E-state index contributed by atoms with van der Waals surface area (Å²) < 4.78 is 16.9. The van der Waals surface area contributed by atoms with E-state index < -0.39 is 6.10 Å². The predicted octanol–water partition coefficient (Wildman–Crippen LogP) is 21.9. The van der Waals surface area contributed by atoms with E-state index in [1.165, 1.54) is 161 Å². The number of hydrogen-bond acceptors (Lipinski definition) is 6. The van der Waals surface area contributed by atoms with Crippen LogP contribution < -0.4 is 0 Å². The maximum Gasteiger partial charge on any atom is 0.306 e. The van der Waals surface area contributed by atoms with Crippen LogP contribution in [0.4, 0.5) is 0 Å². The maximum atomic E-state index is 12.9. The fraction of sp³-hybridized carbons (Fsp3) is 0.754. The van der Waals surface area contributed by atoms with Crippen molar-refractivity contribution in [3.05, 3.63) is 85.1 Å². The SMILES string of the molecule is CC/C=C\C/C=C\C/C=C\C/C=C\C/C=C\CCCCCCCCCCCCCCCC(=O)OCC(COC(=O)CCCCCCC/C=C\C/C=C\CCC)OC(=O)CCCCCCCCCCCCCCCCC. The lowest BCUT2D eigenvalue weighted by Crippen LogP contribution is -2.30. The van der Waals surface area contributed by atoms with Gasteiger partial charge in [0.1, 0.15) is 13.2 Å². The van der Waals surface area contributed by atoms with E-state index in [4.69, 9.17) is 14.2 Å². The topological polar surface area (TPSA) is 78.9 Å². The van der Waals surface area contributed by atoms with Gasteiger partial charge < -0.3 is 14.2 Å². The van der Waals surface area contributed by atoms with Crippen molar-refractivity contribution in [2.45, 2.75) is 322 Å². The standard InChI is InChI=1S/C69H120O6/c1-4-7-10-13-16-19-22-25-27-28-29-30-31-32-33-34-35-36-37-38-39-40-42-44-47-50-53-56-59-62-68(71)74-65-66(64-73-67(70)61-58-55-52-49-46-43-24-21-18-15-12-9-6-3)75-69(72)63-60-57-54-51-48-45-41-26-23-20-17-14-11-8-5-2/h7,10,12,15-16,19,21,24-25,27,29-30,32-33,66H,4-6,8-9,11,13-14,17-18,20,22-23,26,28,31,34-65H2,1-3H3/b10-7-,15-12-,19-16-,24-21-,27-25-,30-29-,33-32-. The number of esters is 3. The first-order chi connectivity index (χ1) is 37.0. The van der Waals surface area contributed by atoms with E-state index in [1.807, 2.05) is 0 Å². The second kappa shape index (κ2) is 63.1. The van der Waals surface area contributed by atoms with Crippen LogP contribution in [0.15, 0.2) is 85.1 Å². The second-order valence-corrected chi connectivity index (χ2v) is 21.3. The van der Waals surface area contributed by atoms with Crippen LogP contribution >= 0.6 is 0 Å². The number of carbonyl (C=O) groups excluding carboxylic acids is 3. The molecular weight excluding hydrogens is 925 g/mol. The summed E-state index contributed by atoms with van der Waals surface area (Å²) in [5, 5.41) is 0. The maximum absolute atomic E-state index is 12.9. The molecule has 0 aliphatic heterocycles. The summed E-state index contributed by atoms with van der Waals surface area (Å²) >= 11 is 0. The highest BCUT2D eigenvalue weighted by Crippen LogP contribution is 2.17. The minimum Gasteiger partial charge on any atom is -0.462 e. The van der Waals surface area contributed by atoms with Gasteiger partial charge in [0, 0.05) is 19.3 Å². The number of unbranched alkanes of at least 4 members (excludes halogenated alkanes) is 33. The smallest absolute Gasteiger partial charge is 0.306 e. The van der Waals surface area contributed by atoms with Crippen LogP contribution in [0.3, 0.4) is 0 Å². The van der Waals surface area contributed by atoms with E-state index in [0.29, 0.717) is 19.3 Å². The van der Waals surface area contributed by atoms with Crippen LogP contribution in [0.5, 0.6) is 0 Å². The van der Waals surface area contributed by atoms with Gasteiger partial charge in [0.25, 0.3) is 0 Å². The quantitative estimate of drug-likeness (QED) is 0.0261. The molecule has 0 saturated carbocycles. The molecule has 0 aromatic carbocycles. The van der Waals surface area contributed by atoms with Gasteiger partial charge in [-0.3, -0.25) is 14.4 Å². The van der Waals surface area contributed by atoms with Crippen LogP contribution in [0.1, 0.15) is 316 Å². The number of allylic oxidation sites excluding steroid dienone is 14. The highest BCUT2D eigenvalue weighted by Gasteiger charge is 2.19. The molecule has 6 nitrogen and oxygen atoms in total. The molecule has 0 aromatic rings. The third-order valence-electron chi connectivity index (χ3n) is 13.9. The van der Waals surface area contributed by atoms with Crippen molar-refractivity contribution in [1.82, 2.24) is 0 Å². The van der Waals surface area contributed by atoms with Crippen LogP contribution in [0, 0.1) is 0 Å². The molecule has 0 spiro atoms. The molecule has 75 heavy (non-hydrogen) atoms. The molecule has 0 heterocycles. The lowest BCUT2D eigenvalue weighted by Gasteiger charge is -2.18. The minimum absolute atomic E-state index is 0.0781. The first-order valence-electron chi connectivity index (χ1n) is 32.1. The monoisotopic (exact) mass is 1040 g/mol. The molecule has 0 bridgehead atoms. The summed E-state index contributed by atoms with van der Waals surface area (Å²) in [5.41, 5.74) is 0. The first-order valence-corrected chi connectivity index (χ1v) is 32.1. The fourth-order valence-corrected chi connectivity index (χ4v) is 9.10. The van der Waals surface area contributed by atoms with Gasteiger partial charge in [0.2, 0.25) is 0 Å². The van der Waals surface area contributed by atoms with E-state index in [9.17, 15) is 14.4 Å². The van der Waals surface area contributed by atoms with Crippen LogP contribution in [-0.4, -0.2) is 37.2 Å². The number of ether oxygens (including phenoxy) is 3. The molecule has 0 rings (SSSR count). The van der Waals surface area contributed by atoms with Crippen molar-refractivity contribution in [3.8, 4) is 0 Å². The second-order valence-electron chi connectivity index (χ2n) is 21.3. The van der Waals surface area contributed by atoms with Gasteiger partial charge in [-0.25, -0.2) is 0 Å². The van der Waals surface area contributed by atoms with E-state index in [0.717, 1.165) is 116 Å². The first kappa shape index (κ1) is 71.6. The Bertz CT molecular complexity index is 1430. The molecule has 0 radical (unpaired) electrons. The van der Waals surface area contributed by atoms with Crippen molar-refractivity contribution in [2.24, 2.45) is 0 Å². The minimum atomic E-state index is -0.780. The Morgan fingerprint density at radius 3 is 0.867 bits per heavy atom. The summed E-state index contributed by atoms with van der Waals surface area (Å²) in [5.74, 6) is -0.880. The van der Waals surface area contributed by atoms with Gasteiger partial charge in [0.15, 0.2) is 6.10 Å². The van der Waals surface area contributed by atoms with Crippen molar-refractivity contribution in [1.29, 1.82) is 0 Å². The van der Waals surface area contributed by atoms with E-state index in [1.54, 1.807) is 0 Å². The third-order valence-corrected chi connectivity index (χ3v) is 13.9. The Hall–Kier alpha value is -3.41. The van der Waals surface area contributed by atoms with Gasteiger partial charge in [-0.1, -0.05) is 292 Å². The largest absolute Gasteiger partial charge is 0.462 e. The van der Waals surface area contributed by atoms with Gasteiger partial charge in [-0.2, -0.15) is 0 Å².